The first-order chi connectivity index (χ1) is 9.09. The number of nitrogens with zero attached hydrogens (tertiary/aromatic N) is 2. The van der Waals surface area contributed by atoms with E-state index >= 15 is 0 Å². The second-order valence-electron chi connectivity index (χ2n) is 4.53. The van der Waals surface area contributed by atoms with E-state index in [-0.39, 0.29) is 5.82 Å². The summed E-state index contributed by atoms with van der Waals surface area (Å²) in [5.41, 5.74) is 1.90. The van der Waals surface area contributed by atoms with Crippen molar-refractivity contribution in [2.45, 2.75) is 19.6 Å². The standard InChI is InChI=1S/C15H17FN2O/c1-11(19)15-13(16)7-5-8-14(15)18(2)10-12-6-3-4-9-17-12/h3-9,11,19H,10H2,1-2H3/t11-/m0/s1. The topological polar surface area (TPSA) is 36.4 Å². The van der Waals surface area contributed by atoms with Gasteiger partial charge in [-0.1, -0.05) is 12.1 Å². The van der Waals surface area contributed by atoms with Crippen LogP contribution in [0.1, 0.15) is 24.3 Å². The van der Waals surface area contributed by atoms with Gasteiger partial charge in [0.2, 0.25) is 0 Å². The number of anilines is 1. The van der Waals surface area contributed by atoms with Crippen molar-refractivity contribution in [2.75, 3.05) is 11.9 Å². The van der Waals surface area contributed by atoms with Crippen LogP contribution in [-0.2, 0) is 6.54 Å². The fourth-order valence-corrected chi connectivity index (χ4v) is 2.09. The molecule has 2 rings (SSSR count). The SMILES string of the molecule is C[C@H](O)c1c(F)cccc1N(C)Cc1ccccn1. The Kier molecular flexibility index (Phi) is 4.12. The van der Waals surface area contributed by atoms with Gasteiger partial charge in [-0.3, -0.25) is 4.98 Å². The number of rotatable bonds is 4. The lowest BCUT2D eigenvalue weighted by Gasteiger charge is -2.23. The lowest BCUT2D eigenvalue weighted by atomic mass is 10.1. The van der Waals surface area contributed by atoms with E-state index in [1.807, 2.05) is 30.1 Å². The van der Waals surface area contributed by atoms with Gasteiger partial charge >= 0.3 is 0 Å². The van der Waals surface area contributed by atoms with Crippen LogP contribution in [-0.4, -0.2) is 17.1 Å². The lowest BCUT2D eigenvalue weighted by Crippen LogP contribution is -2.20. The molecule has 0 unspecified atom stereocenters. The smallest absolute Gasteiger partial charge is 0.131 e. The largest absolute Gasteiger partial charge is 0.389 e. The number of halogens is 1. The normalized spacial score (nSPS) is 12.2. The van der Waals surface area contributed by atoms with Crippen LogP contribution in [0.2, 0.25) is 0 Å². The van der Waals surface area contributed by atoms with Crippen molar-refractivity contribution in [2.24, 2.45) is 0 Å². The highest BCUT2D eigenvalue weighted by Crippen LogP contribution is 2.28. The van der Waals surface area contributed by atoms with E-state index in [2.05, 4.69) is 4.98 Å². The molecule has 2 aromatic rings. The molecule has 0 amide bonds. The predicted molar refractivity (Wildman–Crippen MR) is 73.4 cm³/mol. The van der Waals surface area contributed by atoms with Gasteiger partial charge in [0.25, 0.3) is 0 Å². The fraction of sp³-hybridized carbons (Fsp3) is 0.267. The summed E-state index contributed by atoms with van der Waals surface area (Å²) in [7, 11) is 1.86. The van der Waals surface area contributed by atoms with Crippen molar-refractivity contribution in [1.82, 2.24) is 4.98 Å². The molecule has 1 heterocycles. The van der Waals surface area contributed by atoms with Gasteiger partial charge in [0.1, 0.15) is 5.82 Å². The van der Waals surface area contributed by atoms with Crippen LogP contribution in [0.4, 0.5) is 10.1 Å². The van der Waals surface area contributed by atoms with Crippen LogP contribution >= 0.6 is 0 Å². The zero-order valence-electron chi connectivity index (χ0n) is 11.0. The number of aromatic nitrogens is 1. The van der Waals surface area contributed by atoms with E-state index in [0.717, 1.165) is 5.69 Å². The number of hydrogen-bond acceptors (Lipinski definition) is 3. The van der Waals surface area contributed by atoms with Crippen LogP contribution < -0.4 is 4.90 Å². The molecule has 0 bridgehead atoms. The molecule has 3 nitrogen and oxygen atoms in total. The summed E-state index contributed by atoms with van der Waals surface area (Å²) in [5.74, 6) is -0.389. The molecule has 0 aliphatic carbocycles. The lowest BCUT2D eigenvalue weighted by molar-refractivity contribution is 0.194. The highest BCUT2D eigenvalue weighted by Gasteiger charge is 2.16. The molecule has 4 heteroatoms. The Morgan fingerprint density at radius 1 is 1.26 bits per heavy atom. The molecule has 1 N–H and O–H groups in total. The summed E-state index contributed by atoms with van der Waals surface area (Å²) in [6.45, 7) is 2.13. The number of pyridine rings is 1. The van der Waals surface area contributed by atoms with E-state index in [4.69, 9.17) is 0 Å². The summed E-state index contributed by atoms with van der Waals surface area (Å²) in [6, 6.07) is 10.5. The molecule has 1 atom stereocenters. The van der Waals surface area contributed by atoms with Crippen molar-refractivity contribution in [1.29, 1.82) is 0 Å². The molecule has 0 radical (unpaired) electrons. The Morgan fingerprint density at radius 2 is 2.05 bits per heavy atom. The Morgan fingerprint density at radius 3 is 2.68 bits per heavy atom. The molecule has 100 valence electrons. The quantitative estimate of drug-likeness (QED) is 0.918. The van der Waals surface area contributed by atoms with Gasteiger partial charge in [0.15, 0.2) is 0 Å². The Hall–Kier alpha value is -1.94. The first-order valence-electron chi connectivity index (χ1n) is 6.17. The predicted octanol–water partition coefficient (Wildman–Crippen LogP) is 2.91. The molecule has 1 aromatic carbocycles. The maximum absolute atomic E-state index is 13.8. The van der Waals surface area contributed by atoms with Crippen molar-refractivity contribution in [3.05, 3.63) is 59.7 Å². The number of aliphatic hydroxyl groups excluding tert-OH is 1. The molecule has 0 saturated carbocycles. The molecule has 0 aliphatic rings. The molecule has 1 aromatic heterocycles. The van der Waals surface area contributed by atoms with Crippen LogP contribution in [0.5, 0.6) is 0 Å². The van der Waals surface area contributed by atoms with E-state index in [0.29, 0.717) is 17.8 Å². The molecule has 0 spiro atoms. The third kappa shape index (κ3) is 3.09. The summed E-state index contributed by atoms with van der Waals surface area (Å²) in [4.78, 5) is 6.13. The zero-order valence-corrected chi connectivity index (χ0v) is 11.0. The second-order valence-corrected chi connectivity index (χ2v) is 4.53. The van der Waals surface area contributed by atoms with Crippen LogP contribution in [0.25, 0.3) is 0 Å². The summed E-state index contributed by atoms with van der Waals surface area (Å²) in [6.07, 6.45) is 0.882. The Balaban J connectivity index is 2.29. The van der Waals surface area contributed by atoms with Crippen LogP contribution in [0, 0.1) is 5.82 Å². The van der Waals surface area contributed by atoms with Crippen LogP contribution in [0.15, 0.2) is 42.6 Å². The van der Waals surface area contributed by atoms with Gasteiger partial charge in [-0.2, -0.15) is 0 Å². The molecule has 0 fully saturated rings. The molecular formula is C15H17FN2O. The van der Waals surface area contributed by atoms with E-state index in [1.165, 1.54) is 6.07 Å². The average molecular weight is 260 g/mol. The van der Waals surface area contributed by atoms with E-state index < -0.39 is 6.10 Å². The Bertz CT molecular complexity index is 543. The van der Waals surface area contributed by atoms with Crippen molar-refractivity contribution >= 4 is 5.69 Å². The second kappa shape index (κ2) is 5.80. The van der Waals surface area contributed by atoms with Crippen molar-refractivity contribution in [3.63, 3.8) is 0 Å². The van der Waals surface area contributed by atoms with Gasteiger partial charge in [0, 0.05) is 24.5 Å². The number of aliphatic hydroxyl groups is 1. The molecular weight excluding hydrogens is 243 g/mol. The summed E-state index contributed by atoms with van der Waals surface area (Å²) < 4.78 is 13.8. The van der Waals surface area contributed by atoms with Crippen molar-refractivity contribution in [3.8, 4) is 0 Å². The zero-order chi connectivity index (χ0) is 13.8. The highest BCUT2D eigenvalue weighted by atomic mass is 19.1. The van der Waals surface area contributed by atoms with E-state index in [1.54, 1.807) is 25.3 Å². The first-order valence-corrected chi connectivity index (χ1v) is 6.17. The van der Waals surface area contributed by atoms with Gasteiger partial charge in [-0.05, 0) is 31.2 Å². The average Bonchev–Trinajstić information content (AvgIpc) is 2.39. The van der Waals surface area contributed by atoms with Crippen LogP contribution in [0.3, 0.4) is 0 Å². The molecule has 0 aliphatic heterocycles. The minimum atomic E-state index is -0.845. The maximum Gasteiger partial charge on any atom is 0.131 e. The summed E-state index contributed by atoms with van der Waals surface area (Å²) >= 11 is 0. The minimum Gasteiger partial charge on any atom is -0.389 e. The van der Waals surface area contributed by atoms with Gasteiger partial charge in [0.05, 0.1) is 18.3 Å². The number of hydrogen-bond donors (Lipinski definition) is 1. The maximum atomic E-state index is 13.8. The third-order valence-corrected chi connectivity index (χ3v) is 2.98. The fourth-order valence-electron chi connectivity index (χ4n) is 2.09. The number of benzene rings is 1. The highest BCUT2D eigenvalue weighted by molar-refractivity contribution is 5.54. The van der Waals surface area contributed by atoms with E-state index in [9.17, 15) is 9.50 Å². The molecule has 19 heavy (non-hydrogen) atoms. The van der Waals surface area contributed by atoms with Gasteiger partial charge < -0.3 is 10.0 Å². The van der Waals surface area contributed by atoms with Gasteiger partial charge in [-0.25, -0.2) is 4.39 Å². The Labute approximate surface area is 112 Å². The first kappa shape index (κ1) is 13.5. The minimum absolute atomic E-state index is 0.320. The van der Waals surface area contributed by atoms with Crippen molar-refractivity contribution < 1.29 is 9.50 Å². The van der Waals surface area contributed by atoms with Gasteiger partial charge in [-0.15, -0.1) is 0 Å². The molecule has 0 saturated heterocycles. The monoisotopic (exact) mass is 260 g/mol. The third-order valence-electron chi connectivity index (χ3n) is 2.98. The summed E-state index contributed by atoms with van der Waals surface area (Å²) in [5, 5.41) is 9.72.